The summed E-state index contributed by atoms with van der Waals surface area (Å²) in [7, 11) is 1.27. The number of nitrogens with one attached hydrogen (secondary N) is 1. The minimum absolute atomic E-state index is 0.138. The van der Waals surface area contributed by atoms with E-state index < -0.39 is 29.4 Å². The summed E-state index contributed by atoms with van der Waals surface area (Å²) in [5, 5.41) is 10.8. The zero-order valence-corrected chi connectivity index (χ0v) is 15.3. The van der Waals surface area contributed by atoms with Crippen molar-refractivity contribution in [3.05, 3.63) is 35.5 Å². The van der Waals surface area contributed by atoms with Crippen molar-refractivity contribution < 1.29 is 24.2 Å². The molecular weight excluding hydrogens is 348 g/mol. The summed E-state index contributed by atoms with van der Waals surface area (Å²) in [6, 6.07) is 6.20. The van der Waals surface area contributed by atoms with Gasteiger partial charge in [0.25, 0.3) is 0 Å². The third-order valence-corrected chi connectivity index (χ3v) is 6.20. The Morgan fingerprint density at radius 2 is 2.11 bits per heavy atom. The number of H-pyrrole nitrogens is 1. The van der Waals surface area contributed by atoms with Gasteiger partial charge in [-0.3, -0.25) is 19.3 Å². The van der Waals surface area contributed by atoms with Crippen LogP contribution in [0.1, 0.15) is 37.1 Å². The number of nitrogens with zero attached hydrogens (tertiary/aromatic N) is 1. The third kappa shape index (κ3) is 2.27. The van der Waals surface area contributed by atoms with Crippen LogP contribution in [0.25, 0.3) is 10.9 Å². The van der Waals surface area contributed by atoms with E-state index in [4.69, 9.17) is 4.74 Å². The number of benzene rings is 1. The van der Waals surface area contributed by atoms with Crippen molar-refractivity contribution in [3.8, 4) is 0 Å². The fourth-order valence-corrected chi connectivity index (χ4v) is 4.92. The van der Waals surface area contributed by atoms with Crippen LogP contribution in [-0.4, -0.2) is 52.4 Å². The van der Waals surface area contributed by atoms with E-state index >= 15 is 0 Å². The number of ether oxygens (including phenoxy) is 1. The van der Waals surface area contributed by atoms with Gasteiger partial charge in [-0.15, -0.1) is 0 Å². The van der Waals surface area contributed by atoms with Crippen LogP contribution in [0.5, 0.6) is 0 Å². The Bertz CT molecular complexity index is 939. The van der Waals surface area contributed by atoms with Gasteiger partial charge in [0, 0.05) is 36.0 Å². The Morgan fingerprint density at radius 3 is 2.78 bits per heavy atom. The number of para-hydroxylation sites is 1. The summed E-state index contributed by atoms with van der Waals surface area (Å²) in [5.74, 6) is -1.73. The monoisotopic (exact) mass is 370 g/mol. The van der Waals surface area contributed by atoms with Gasteiger partial charge in [-0.1, -0.05) is 25.1 Å². The van der Waals surface area contributed by atoms with E-state index in [1.807, 2.05) is 24.3 Å². The molecule has 0 saturated carbocycles. The number of hydrogen-bond donors (Lipinski definition) is 2. The zero-order chi connectivity index (χ0) is 19.3. The minimum Gasteiger partial charge on any atom is -0.480 e. The molecule has 2 N–H and O–H groups in total. The number of aliphatic carboxylic acids is 1. The summed E-state index contributed by atoms with van der Waals surface area (Å²) < 4.78 is 5.04. The molecule has 2 aliphatic heterocycles. The number of ketones is 1. The molecule has 0 radical (unpaired) electrons. The van der Waals surface area contributed by atoms with Crippen LogP contribution in [0.3, 0.4) is 0 Å². The van der Waals surface area contributed by atoms with Crippen molar-refractivity contribution in [1.29, 1.82) is 0 Å². The molecule has 0 bridgehead atoms. The lowest BCUT2D eigenvalue weighted by Crippen LogP contribution is -2.61. The molecule has 1 aromatic carbocycles. The van der Waals surface area contributed by atoms with Gasteiger partial charge in [0.1, 0.15) is 11.5 Å². The highest BCUT2D eigenvalue weighted by atomic mass is 16.5. The topological polar surface area (TPSA) is 99.7 Å². The van der Waals surface area contributed by atoms with Crippen molar-refractivity contribution in [2.75, 3.05) is 13.7 Å². The maximum Gasteiger partial charge on any atom is 0.321 e. The van der Waals surface area contributed by atoms with Crippen molar-refractivity contribution in [2.24, 2.45) is 5.41 Å². The van der Waals surface area contributed by atoms with Gasteiger partial charge < -0.3 is 14.8 Å². The Morgan fingerprint density at radius 1 is 1.37 bits per heavy atom. The van der Waals surface area contributed by atoms with E-state index in [0.29, 0.717) is 13.0 Å². The lowest BCUT2D eigenvalue weighted by molar-refractivity contribution is -0.173. The first-order valence-electron chi connectivity index (χ1n) is 9.15. The molecule has 7 nitrogen and oxygen atoms in total. The number of aromatic nitrogens is 1. The molecule has 1 aromatic heterocycles. The fraction of sp³-hybridized carbons (Fsp3) is 0.450. The van der Waals surface area contributed by atoms with Gasteiger partial charge in [-0.25, -0.2) is 0 Å². The van der Waals surface area contributed by atoms with Crippen LogP contribution in [0, 0.1) is 5.41 Å². The van der Waals surface area contributed by atoms with Crippen LogP contribution in [0.2, 0.25) is 0 Å². The highest BCUT2D eigenvalue weighted by Gasteiger charge is 2.60. The van der Waals surface area contributed by atoms with Crippen LogP contribution in [0.4, 0.5) is 0 Å². The molecule has 0 unspecified atom stereocenters. The Kier molecular flexibility index (Phi) is 4.07. The number of rotatable bonds is 3. The maximum absolute atomic E-state index is 13.0. The molecule has 2 aromatic rings. The van der Waals surface area contributed by atoms with Crippen molar-refractivity contribution in [1.82, 2.24) is 9.88 Å². The molecule has 2 aliphatic rings. The summed E-state index contributed by atoms with van der Waals surface area (Å²) in [5.41, 5.74) is 1.10. The van der Waals surface area contributed by atoms with Crippen LogP contribution in [-0.2, 0) is 25.5 Å². The quantitative estimate of drug-likeness (QED) is 0.634. The molecule has 1 saturated heterocycles. The van der Waals surface area contributed by atoms with Gasteiger partial charge in [0.05, 0.1) is 13.2 Å². The van der Waals surface area contributed by atoms with E-state index in [9.17, 15) is 19.5 Å². The number of carboxylic acids is 1. The molecule has 4 rings (SSSR count). The minimum atomic E-state index is -1.41. The number of hydrogen-bond acceptors (Lipinski definition) is 5. The standard InChI is InChI=1S/C20H22N2O5/c1-3-20(19(26)27-2)15(23)8-9-22-14(18(24)25)10-12-11-6-4-5-7-13(11)21-16(12)17(20)22/h4-7,14,17,21H,3,8-10H2,1-2H3,(H,24,25)/t14-,17+,20+/m0/s1. The van der Waals surface area contributed by atoms with Crippen molar-refractivity contribution in [3.63, 3.8) is 0 Å². The van der Waals surface area contributed by atoms with E-state index in [1.54, 1.807) is 11.8 Å². The number of methoxy groups -OCH3 is 1. The second-order valence-electron chi connectivity index (χ2n) is 7.25. The number of Topliss-reactive ketones (excluding diaryl/α,β-unsaturated/α-hetero) is 1. The lowest BCUT2D eigenvalue weighted by Gasteiger charge is -2.50. The molecule has 3 heterocycles. The average molecular weight is 370 g/mol. The normalized spacial score (nSPS) is 27.9. The number of carboxylic acid groups (broad SMARTS) is 1. The number of carbonyl (C=O) groups excluding carboxylic acids is 2. The van der Waals surface area contributed by atoms with Crippen LogP contribution >= 0.6 is 0 Å². The van der Waals surface area contributed by atoms with Gasteiger partial charge in [0.2, 0.25) is 0 Å². The highest BCUT2D eigenvalue weighted by molar-refractivity contribution is 6.06. The van der Waals surface area contributed by atoms with Gasteiger partial charge >= 0.3 is 11.9 Å². The van der Waals surface area contributed by atoms with Gasteiger partial charge in [-0.2, -0.15) is 0 Å². The van der Waals surface area contributed by atoms with Gasteiger partial charge in [-0.05, 0) is 18.1 Å². The molecule has 7 heteroatoms. The van der Waals surface area contributed by atoms with E-state index in [-0.39, 0.29) is 18.6 Å². The van der Waals surface area contributed by atoms with Gasteiger partial charge in [0.15, 0.2) is 5.78 Å². The van der Waals surface area contributed by atoms with E-state index in [0.717, 1.165) is 22.2 Å². The number of carbonyl (C=O) groups is 3. The predicted molar refractivity (Wildman–Crippen MR) is 97.2 cm³/mol. The highest BCUT2D eigenvalue weighted by Crippen LogP contribution is 2.52. The second kappa shape index (κ2) is 6.20. The van der Waals surface area contributed by atoms with E-state index in [2.05, 4.69) is 4.98 Å². The number of piperidine rings is 1. The Hall–Kier alpha value is -2.67. The largest absolute Gasteiger partial charge is 0.480 e. The van der Waals surface area contributed by atoms with Crippen molar-refractivity contribution in [2.45, 2.75) is 38.3 Å². The third-order valence-electron chi connectivity index (χ3n) is 6.20. The number of aromatic amines is 1. The van der Waals surface area contributed by atoms with Crippen LogP contribution < -0.4 is 0 Å². The molecule has 1 fully saturated rings. The Labute approximate surface area is 156 Å². The lowest BCUT2D eigenvalue weighted by atomic mass is 9.66. The summed E-state index contributed by atoms with van der Waals surface area (Å²) in [6.07, 6.45) is 0.722. The first-order chi connectivity index (χ1) is 13.0. The molecule has 3 atom stereocenters. The van der Waals surface area contributed by atoms with Crippen LogP contribution in [0.15, 0.2) is 24.3 Å². The molecule has 0 amide bonds. The van der Waals surface area contributed by atoms with Crippen molar-refractivity contribution >= 4 is 28.6 Å². The molecule has 0 spiro atoms. The van der Waals surface area contributed by atoms with E-state index in [1.165, 1.54) is 7.11 Å². The molecule has 27 heavy (non-hydrogen) atoms. The SMILES string of the molecule is CC[C@@]1(C(=O)OC)C(=O)CCN2[C@H](C(=O)O)Cc3c([nH]c4ccccc34)[C@@H]21. The first-order valence-corrected chi connectivity index (χ1v) is 9.15. The summed E-state index contributed by atoms with van der Waals surface area (Å²) in [4.78, 5) is 43.1. The predicted octanol–water partition coefficient (Wildman–Crippen LogP) is 2.06. The Balaban J connectivity index is 2.02. The molecular formula is C20H22N2O5. The fourth-order valence-electron chi connectivity index (χ4n) is 4.92. The number of fused-ring (bicyclic) bond motifs is 5. The average Bonchev–Trinajstić information content (AvgIpc) is 3.05. The number of esters is 1. The summed E-state index contributed by atoms with van der Waals surface area (Å²) >= 11 is 0. The molecule has 142 valence electrons. The maximum atomic E-state index is 13.0. The first kappa shape index (κ1) is 17.7. The zero-order valence-electron chi connectivity index (χ0n) is 15.3. The summed E-state index contributed by atoms with van der Waals surface area (Å²) in [6.45, 7) is 2.10. The smallest absolute Gasteiger partial charge is 0.321 e. The molecule has 0 aliphatic carbocycles. The second-order valence-corrected chi connectivity index (χ2v) is 7.25.